The smallest absolute Gasteiger partial charge is 0.345 e. The summed E-state index contributed by atoms with van der Waals surface area (Å²) in [6.07, 6.45) is 0. The van der Waals surface area contributed by atoms with Crippen molar-refractivity contribution in [2.75, 3.05) is 12.4 Å². The zero-order valence-electron chi connectivity index (χ0n) is 9.99. The number of nitrogens with two attached hydrogens (primary N) is 1. The van der Waals surface area contributed by atoms with Crippen molar-refractivity contribution in [2.24, 2.45) is 5.73 Å². The summed E-state index contributed by atoms with van der Waals surface area (Å²) in [5.74, 6) is -1.45. The molecule has 0 unspecified atom stereocenters. The highest BCUT2D eigenvalue weighted by Gasteiger charge is 2.21. The Bertz CT molecular complexity index is 508. The minimum atomic E-state index is -0.792. The van der Waals surface area contributed by atoms with E-state index in [4.69, 9.17) is 17.3 Å². The second kappa shape index (κ2) is 6.07. The molecule has 0 aliphatic rings. The van der Waals surface area contributed by atoms with Gasteiger partial charge in [-0.25, -0.2) is 4.79 Å². The monoisotopic (exact) mass is 268 g/mol. The first-order valence-electron chi connectivity index (χ1n) is 5.08. The molecule has 18 heavy (non-hydrogen) atoms. The van der Waals surface area contributed by atoms with E-state index in [1.807, 2.05) is 0 Å². The molecule has 3 N–H and O–H groups in total. The SMILES string of the molecule is COC(=O)/C(C(=O)Nc1ccccc1Cl)=C(\C)N. The van der Waals surface area contributed by atoms with Gasteiger partial charge in [-0.05, 0) is 19.1 Å². The first-order chi connectivity index (χ1) is 8.47. The van der Waals surface area contributed by atoms with Crippen molar-refractivity contribution in [3.63, 3.8) is 0 Å². The summed E-state index contributed by atoms with van der Waals surface area (Å²) in [7, 11) is 1.17. The third-order valence-electron chi connectivity index (χ3n) is 2.13. The van der Waals surface area contributed by atoms with Gasteiger partial charge in [-0.1, -0.05) is 23.7 Å². The van der Waals surface area contributed by atoms with E-state index in [2.05, 4.69) is 10.1 Å². The fourth-order valence-electron chi connectivity index (χ4n) is 1.28. The van der Waals surface area contributed by atoms with Gasteiger partial charge >= 0.3 is 5.97 Å². The fraction of sp³-hybridized carbons (Fsp3) is 0.167. The standard InChI is InChI=1S/C12H13ClN2O3/c1-7(14)10(12(17)18-2)11(16)15-9-6-4-3-5-8(9)13/h3-6H,14H2,1-2H3,(H,15,16)/b10-7+. The van der Waals surface area contributed by atoms with Crippen LogP contribution in [0.15, 0.2) is 35.5 Å². The molecule has 0 saturated heterocycles. The number of nitrogens with one attached hydrogen (secondary N) is 1. The normalized spacial score (nSPS) is 11.5. The zero-order valence-corrected chi connectivity index (χ0v) is 10.7. The fourth-order valence-corrected chi connectivity index (χ4v) is 1.47. The van der Waals surface area contributed by atoms with Crippen LogP contribution < -0.4 is 11.1 Å². The van der Waals surface area contributed by atoms with E-state index >= 15 is 0 Å². The molecule has 0 aliphatic heterocycles. The van der Waals surface area contributed by atoms with E-state index in [0.29, 0.717) is 10.7 Å². The minimum Gasteiger partial charge on any atom is -0.465 e. The predicted molar refractivity (Wildman–Crippen MR) is 69.0 cm³/mol. The van der Waals surface area contributed by atoms with E-state index in [-0.39, 0.29) is 11.3 Å². The number of carbonyl (C=O) groups excluding carboxylic acids is 2. The summed E-state index contributed by atoms with van der Waals surface area (Å²) in [5, 5.41) is 2.86. The quantitative estimate of drug-likeness (QED) is 0.378. The number of benzene rings is 1. The van der Waals surface area contributed by atoms with Gasteiger partial charge in [0.15, 0.2) is 0 Å². The van der Waals surface area contributed by atoms with Crippen LogP contribution in [0.25, 0.3) is 0 Å². The topological polar surface area (TPSA) is 81.4 Å². The van der Waals surface area contributed by atoms with Crippen LogP contribution in [0.2, 0.25) is 5.02 Å². The van der Waals surface area contributed by atoms with E-state index in [1.54, 1.807) is 24.3 Å². The lowest BCUT2D eigenvalue weighted by molar-refractivity contribution is -0.137. The van der Waals surface area contributed by atoms with Crippen LogP contribution in [0.3, 0.4) is 0 Å². The van der Waals surface area contributed by atoms with E-state index in [9.17, 15) is 9.59 Å². The molecule has 0 atom stereocenters. The van der Waals surface area contributed by atoms with Crippen LogP contribution in [0.5, 0.6) is 0 Å². The van der Waals surface area contributed by atoms with Crippen molar-refractivity contribution in [3.05, 3.63) is 40.6 Å². The molecule has 6 heteroatoms. The molecule has 1 amide bonds. The van der Waals surface area contributed by atoms with Gasteiger partial charge in [-0.3, -0.25) is 4.79 Å². The molecule has 1 aromatic carbocycles. The average Bonchev–Trinajstić information content (AvgIpc) is 2.31. The van der Waals surface area contributed by atoms with Crippen molar-refractivity contribution in [1.82, 2.24) is 0 Å². The number of hydrogen-bond donors (Lipinski definition) is 2. The highest BCUT2D eigenvalue weighted by Crippen LogP contribution is 2.21. The third kappa shape index (κ3) is 3.24. The molecule has 0 aromatic heterocycles. The first-order valence-corrected chi connectivity index (χ1v) is 5.45. The van der Waals surface area contributed by atoms with Gasteiger partial charge < -0.3 is 15.8 Å². The number of rotatable bonds is 3. The van der Waals surface area contributed by atoms with Crippen molar-refractivity contribution >= 4 is 29.2 Å². The third-order valence-corrected chi connectivity index (χ3v) is 2.46. The number of esters is 1. The van der Waals surface area contributed by atoms with Gasteiger partial charge in [0.05, 0.1) is 17.8 Å². The Morgan fingerprint density at radius 1 is 1.33 bits per heavy atom. The highest BCUT2D eigenvalue weighted by atomic mass is 35.5. The second-order valence-electron chi connectivity index (χ2n) is 3.48. The number of halogens is 1. The second-order valence-corrected chi connectivity index (χ2v) is 3.89. The molecule has 1 rings (SSSR count). The van der Waals surface area contributed by atoms with Gasteiger partial charge in [0.25, 0.3) is 5.91 Å². The van der Waals surface area contributed by atoms with E-state index in [1.165, 1.54) is 14.0 Å². The lowest BCUT2D eigenvalue weighted by Crippen LogP contribution is -2.24. The Morgan fingerprint density at radius 2 is 1.94 bits per heavy atom. The van der Waals surface area contributed by atoms with Crippen molar-refractivity contribution < 1.29 is 14.3 Å². The average molecular weight is 269 g/mol. The Labute approximate surface area is 110 Å². The number of methoxy groups -OCH3 is 1. The molecular weight excluding hydrogens is 256 g/mol. The highest BCUT2D eigenvalue weighted by molar-refractivity contribution is 6.34. The molecule has 1 aromatic rings. The van der Waals surface area contributed by atoms with Gasteiger partial charge in [0.1, 0.15) is 5.57 Å². The Hall–Kier alpha value is -2.01. The summed E-state index contributed by atoms with van der Waals surface area (Å²) < 4.78 is 4.49. The number of amides is 1. The Kier molecular flexibility index (Phi) is 4.74. The maximum atomic E-state index is 11.9. The molecule has 0 fully saturated rings. The van der Waals surface area contributed by atoms with Crippen molar-refractivity contribution in [3.8, 4) is 0 Å². The molecule has 0 saturated carbocycles. The number of allylic oxidation sites excluding steroid dienone is 1. The number of ether oxygens (including phenoxy) is 1. The number of anilines is 1. The van der Waals surface area contributed by atoms with Crippen molar-refractivity contribution in [1.29, 1.82) is 0 Å². The Morgan fingerprint density at radius 3 is 2.44 bits per heavy atom. The minimum absolute atomic E-state index is 0.0754. The van der Waals surface area contributed by atoms with Gasteiger partial charge in [-0.2, -0.15) is 0 Å². The first kappa shape index (κ1) is 14.1. The number of hydrogen-bond acceptors (Lipinski definition) is 4. The van der Waals surface area contributed by atoms with E-state index in [0.717, 1.165) is 0 Å². The van der Waals surface area contributed by atoms with Crippen LogP contribution in [-0.2, 0) is 14.3 Å². The van der Waals surface area contributed by atoms with Crippen LogP contribution >= 0.6 is 11.6 Å². The summed E-state index contributed by atoms with van der Waals surface area (Å²) in [4.78, 5) is 23.3. The van der Waals surface area contributed by atoms with E-state index < -0.39 is 11.9 Å². The molecule has 5 nitrogen and oxygen atoms in total. The van der Waals surface area contributed by atoms with Crippen LogP contribution in [-0.4, -0.2) is 19.0 Å². The van der Waals surface area contributed by atoms with Crippen molar-refractivity contribution in [2.45, 2.75) is 6.92 Å². The molecule has 0 bridgehead atoms. The van der Waals surface area contributed by atoms with Crippen LogP contribution in [0.1, 0.15) is 6.92 Å². The molecule has 0 spiro atoms. The predicted octanol–water partition coefficient (Wildman–Crippen LogP) is 1.68. The molecule has 0 radical (unpaired) electrons. The summed E-state index contributed by atoms with van der Waals surface area (Å²) in [5.41, 5.74) is 5.72. The largest absolute Gasteiger partial charge is 0.465 e. The lowest BCUT2D eigenvalue weighted by atomic mass is 10.2. The summed E-state index contributed by atoms with van der Waals surface area (Å²) in [6.45, 7) is 1.44. The zero-order chi connectivity index (χ0) is 13.7. The van der Waals surface area contributed by atoms with Gasteiger partial charge in [-0.15, -0.1) is 0 Å². The lowest BCUT2D eigenvalue weighted by Gasteiger charge is -2.09. The van der Waals surface area contributed by atoms with Gasteiger partial charge in [0, 0.05) is 5.70 Å². The summed E-state index contributed by atoms with van der Waals surface area (Å²) >= 11 is 5.89. The maximum absolute atomic E-state index is 11.9. The molecule has 0 heterocycles. The molecule has 96 valence electrons. The van der Waals surface area contributed by atoms with Crippen LogP contribution in [0, 0.1) is 0 Å². The molecule has 0 aliphatic carbocycles. The Balaban J connectivity index is 2.98. The molecular formula is C12H13ClN2O3. The number of para-hydroxylation sites is 1. The van der Waals surface area contributed by atoms with Gasteiger partial charge in [0.2, 0.25) is 0 Å². The van der Waals surface area contributed by atoms with Crippen LogP contribution in [0.4, 0.5) is 5.69 Å². The number of carbonyl (C=O) groups is 2. The summed E-state index contributed by atoms with van der Waals surface area (Å²) in [6, 6.07) is 6.66. The maximum Gasteiger partial charge on any atom is 0.345 e.